The van der Waals surface area contributed by atoms with Crippen molar-refractivity contribution in [2.75, 3.05) is 14.2 Å². The van der Waals surface area contributed by atoms with Crippen LogP contribution in [0.1, 0.15) is 11.4 Å². The number of fused-ring (bicyclic) bond motifs is 1. The van der Waals surface area contributed by atoms with Gasteiger partial charge in [0.05, 0.1) is 31.8 Å². The normalized spacial score (nSPS) is 10.9. The summed E-state index contributed by atoms with van der Waals surface area (Å²) in [7, 11) is 3.20. The minimum atomic E-state index is 0.607. The van der Waals surface area contributed by atoms with E-state index in [0.717, 1.165) is 22.4 Å². The van der Waals surface area contributed by atoms with Crippen LogP contribution >= 0.6 is 11.6 Å². The number of H-pyrrole nitrogens is 1. The molecule has 0 radical (unpaired) electrons. The van der Waals surface area contributed by atoms with Gasteiger partial charge in [-0.2, -0.15) is 0 Å². The third-order valence-electron chi connectivity index (χ3n) is 3.60. The Balaban J connectivity index is 1.68. The predicted octanol–water partition coefficient (Wildman–Crippen LogP) is 3.52. The Hall–Kier alpha value is -2.24. The molecule has 0 saturated heterocycles. The van der Waals surface area contributed by atoms with E-state index in [4.69, 9.17) is 21.1 Å². The molecule has 0 atom stereocenters. The zero-order chi connectivity index (χ0) is 16.2. The summed E-state index contributed by atoms with van der Waals surface area (Å²) in [6, 6.07) is 11.6. The molecule has 120 valence electrons. The molecule has 3 aromatic rings. The Morgan fingerprint density at radius 1 is 1.09 bits per heavy atom. The van der Waals surface area contributed by atoms with E-state index >= 15 is 0 Å². The fraction of sp³-hybridized carbons (Fsp3) is 0.235. The van der Waals surface area contributed by atoms with Crippen molar-refractivity contribution < 1.29 is 9.47 Å². The molecule has 0 aliphatic carbocycles. The van der Waals surface area contributed by atoms with Gasteiger partial charge < -0.3 is 19.8 Å². The summed E-state index contributed by atoms with van der Waals surface area (Å²) >= 11 is 6.28. The van der Waals surface area contributed by atoms with Crippen molar-refractivity contribution >= 4 is 22.6 Å². The summed E-state index contributed by atoms with van der Waals surface area (Å²) in [6.45, 7) is 1.23. The molecule has 23 heavy (non-hydrogen) atoms. The van der Waals surface area contributed by atoms with E-state index in [9.17, 15) is 0 Å². The molecule has 0 saturated carbocycles. The van der Waals surface area contributed by atoms with E-state index in [-0.39, 0.29) is 0 Å². The quantitative estimate of drug-likeness (QED) is 0.725. The zero-order valence-corrected chi connectivity index (χ0v) is 13.8. The number of para-hydroxylation sites is 2. The SMILES string of the molecule is COc1cc(Cl)c(CNCc2nc3ccccc3[nH]2)cc1OC. The lowest BCUT2D eigenvalue weighted by molar-refractivity contribution is 0.354. The Kier molecular flexibility index (Phi) is 4.69. The van der Waals surface area contributed by atoms with Crippen LogP contribution in [0.25, 0.3) is 11.0 Å². The maximum atomic E-state index is 6.28. The van der Waals surface area contributed by atoms with Gasteiger partial charge in [-0.15, -0.1) is 0 Å². The number of methoxy groups -OCH3 is 2. The summed E-state index contributed by atoms with van der Waals surface area (Å²) in [5, 5.41) is 3.97. The highest BCUT2D eigenvalue weighted by molar-refractivity contribution is 6.31. The molecule has 5 nitrogen and oxygen atoms in total. The highest BCUT2D eigenvalue weighted by Crippen LogP contribution is 2.32. The molecule has 0 bridgehead atoms. The second-order valence-electron chi connectivity index (χ2n) is 5.10. The smallest absolute Gasteiger partial charge is 0.162 e. The number of benzene rings is 2. The molecule has 0 fully saturated rings. The maximum absolute atomic E-state index is 6.28. The first-order valence-corrected chi connectivity index (χ1v) is 7.64. The number of aromatic nitrogens is 2. The molecule has 6 heteroatoms. The minimum Gasteiger partial charge on any atom is -0.493 e. The number of nitrogens with zero attached hydrogens (tertiary/aromatic N) is 1. The van der Waals surface area contributed by atoms with Gasteiger partial charge in [-0.25, -0.2) is 4.98 Å². The third-order valence-corrected chi connectivity index (χ3v) is 3.95. The summed E-state index contributed by atoms with van der Waals surface area (Å²) < 4.78 is 10.5. The standard InChI is InChI=1S/C17H18ClN3O2/c1-22-15-7-11(12(18)8-16(15)23-2)9-19-10-17-20-13-5-3-4-6-14(13)21-17/h3-8,19H,9-10H2,1-2H3,(H,20,21). The van der Waals surface area contributed by atoms with E-state index in [2.05, 4.69) is 15.3 Å². The van der Waals surface area contributed by atoms with Crippen molar-refractivity contribution in [1.82, 2.24) is 15.3 Å². The molecule has 0 aliphatic rings. The number of nitrogens with one attached hydrogen (secondary N) is 2. The molecule has 0 unspecified atom stereocenters. The van der Waals surface area contributed by atoms with Gasteiger partial charge in [0.25, 0.3) is 0 Å². The molecule has 0 aliphatic heterocycles. The fourth-order valence-corrected chi connectivity index (χ4v) is 2.66. The lowest BCUT2D eigenvalue weighted by atomic mass is 10.2. The lowest BCUT2D eigenvalue weighted by Gasteiger charge is -2.12. The average molecular weight is 332 g/mol. The summed E-state index contributed by atoms with van der Waals surface area (Å²) in [5.41, 5.74) is 2.95. The Labute approximate surface area is 139 Å². The van der Waals surface area contributed by atoms with Crippen LogP contribution in [0.4, 0.5) is 0 Å². The average Bonchev–Trinajstić information content (AvgIpc) is 2.98. The van der Waals surface area contributed by atoms with Gasteiger partial charge in [0.2, 0.25) is 0 Å². The number of hydrogen-bond acceptors (Lipinski definition) is 4. The fourth-order valence-electron chi connectivity index (χ4n) is 2.44. The number of aromatic amines is 1. The maximum Gasteiger partial charge on any atom is 0.162 e. The molecule has 0 spiro atoms. The first-order valence-electron chi connectivity index (χ1n) is 7.26. The summed E-state index contributed by atoms with van der Waals surface area (Å²) in [4.78, 5) is 7.82. The van der Waals surface area contributed by atoms with Gasteiger partial charge in [0.15, 0.2) is 11.5 Å². The Morgan fingerprint density at radius 3 is 2.57 bits per heavy atom. The van der Waals surface area contributed by atoms with Crippen molar-refractivity contribution in [2.24, 2.45) is 0 Å². The lowest BCUT2D eigenvalue weighted by Crippen LogP contribution is -2.14. The number of hydrogen-bond donors (Lipinski definition) is 2. The van der Waals surface area contributed by atoms with Crippen LogP contribution in [0.5, 0.6) is 11.5 Å². The van der Waals surface area contributed by atoms with Crippen LogP contribution in [0.2, 0.25) is 5.02 Å². The van der Waals surface area contributed by atoms with Gasteiger partial charge in [0.1, 0.15) is 5.82 Å². The second-order valence-corrected chi connectivity index (χ2v) is 5.51. The minimum absolute atomic E-state index is 0.607. The predicted molar refractivity (Wildman–Crippen MR) is 91.2 cm³/mol. The van der Waals surface area contributed by atoms with Crippen molar-refractivity contribution in [3.63, 3.8) is 0 Å². The molecule has 3 rings (SSSR count). The molecular formula is C17H18ClN3O2. The van der Waals surface area contributed by atoms with E-state index in [1.807, 2.05) is 30.3 Å². The van der Waals surface area contributed by atoms with Crippen LogP contribution < -0.4 is 14.8 Å². The molecule has 2 N–H and O–H groups in total. The van der Waals surface area contributed by atoms with Crippen LogP contribution in [-0.2, 0) is 13.1 Å². The first kappa shape index (κ1) is 15.6. The van der Waals surface area contributed by atoms with Gasteiger partial charge >= 0.3 is 0 Å². The van der Waals surface area contributed by atoms with Crippen LogP contribution in [0.15, 0.2) is 36.4 Å². The number of imidazole rings is 1. The van der Waals surface area contributed by atoms with Gasteiger partial charge in [-0.05, 0) is 23.8 Å². The second kappa shape index (κ2) is 6.89. The molecule has 1 heterocycles. The largest absolute Gasteiger partial charge is 0.493 e. The van der Waals surface area contributed by atoms with Gasteiger partial charge in [0, 0.05) is 17.6 Å². The number of ether oxygens (including phenoxy) is 2. The number of rotatable bonds is 6. The van der Waals surface area contributed by atoms with Crippen molar-refractivity contribution in [2.45, 2.75) is 13.1 Å². The highest BCUT2D eigenvalue weighted by Gasteiger charge is 2.10. The van der Waals surface area contributed by atoms with Crippen molar-refractivity contribution in [1.29, 1.82) is 0 Å². The van der Waals surface area contributed by atoms with Gasteiger partial charge in [-0.1, -0.05) is 23.7 Å². The third kappa shape index (κ3) is 3.41. The highest BCUT2D eigenvalue weighted by atomic mass is 35.5. The van der Waals surface area contributed by atoms with Crippen LogP contribution in [0.3, 0.4) is 0 Å². The zero-order valence-electron chi connectivity index (χ0n) is 13.0. The van der Waals surface area contributed by atoms with Gasteiger partial charge in [-0.3, -0.25) is 0 Å². The van der Waals surface area contributed by atoms with E-state index in [1.54, 1.807) is 20.3 Å². The molecule has 1 aromatic heterocycles. The molecule has 2 aromatic carbocycles. The Morgan fingerprint density at radius 2 is 1.83 bits per heavy atom. The topological polar surface area (TPSA) is 59.2 Å². The summed E-state index contributed by atoms with van der Waals surface area (Å²) in [5.74, 6) is 2.18. The number of halogens is 1. The van der Waals surface area contributed by atoms with Crippen LogP contribution in [0, 0.1) is 0 Å². The first-order chi connectivity index (χ1) is 11.2. The Bertz CT molecular complexity index is 784. The molecule has 0 amide bonds. The monoisotopic (exact) mass is 331 g/mol. The summed E-state index contributed by atoms with van der Waals surface area (Å²) in [6.07, 6.45) is 0. The van der Waals surface area contributed by atoms with Crippen LogP contribution in [-0.4, -0.2) is 24.2 Å². The van der Waals surface area contributed by atoms with E-state index in [1.165, 1.54) is 0 Å². The van der Waals surface area contributed by atoms with Crippen molar-refractivity contribution in [3.8, 4) is 11.5 Å². The molecular weight excluding hydrogens is 314 g/mol. The van der Waals surface area contributed by atoms with E-state index in [0.29, 0.717) is 29.6 Å². The van der Waals surface area contributed by atoms with Crippen molar-refractivity contribution in [3.05, 3.63) is 52.8 Å². The van der Waals surface area contributed by atoms with E-state index < -0.39 is 0 Å².